The number of hydrogen-bond acceptors (Lipinski definition) is 2. The molecule has 2 aromatic heterocycles. The monoisotopic (exact) mass is 294 g/mol. The van der Waals surface area contributed by atoms with Crippen LogP contribution in [-0.2, 0) is 0 Å². The highest BCUT2D eigenvalue weighted by Crippen LogP contribution is 2.40. The van der Waals surface area contributed by atoms with E-state index in [1.165, 1.54) is 41.1 Å². The van der Waals surface area contributed by atoms with Crippen molar-refractivity contribution in [2.75, 3.05) is 0 Å². The molecule has 0 N–H and O–H groups in total. The molecule has 2 aromatic carbocycles. The maximum atomic E-state index is 2.32. The molecule has 0 bridgehead atoms. The summed E-state index contributed by atoms with van der Waals surface area (Å²) in [6.45, 7) is 4.30. The van der Waals surface area contributed by atoms with E-state index in [-0.39, 0.29) is 0 Å². The average Bonchev–Trinajstić information content (AvgIpc) is 3.00. The molecule has 0 spiro atoms. The predicted molar refractivity (Wildman–Crippen MR) is 92.1 cm³/mol. The molecule has 98 valence electrons. The van der Waals surface area contributed by atoms with Crippen LogP contribution in [0.4, 0.5) is 0 Å². The molecule has 0 aliphatic rings. The van der Waals surface area contributed by atoms with E-state index in [9.17, 15) is 0 Å². The van der Waals surface area contributed by atoms with E-state index in [4.69, 9.17) is 0 Å². The third-order valence-electron chi connectivity index (χ3n) is 3.59. The van der Waals surface area contributed by atoms with Crippen molar-refractivity contribution in [3.05, 3.63) is 59.7 Å². The largest absolute Gasteiger partial charge is 0.134 e. The van der Waals surface area contributed by atoms with Crippen molar-refractivity contribution in [2.24, 2.45) is 0 Å². The van der Waals surface area contributed by atoms with E-state index in [0.29, 0.717) is 0 Å². The van der Waals surface area contributed by atoms with E-state index in [1.807, 2.05) is 22.7 Å². The Morgan fingerprint density at radius 3 is 1.50 bits per heavy atom. The summed E-state index contributed by atoms with van der Waals surface area (Å²) in [6.07, 6.45) is 0. The molecule has 0 nitrogen and oxygen atoms in total. The van der Waals surface area contributed by atoms with Gasteiger partial charge in [0.05, 0.1) is 0 Å². The second kappa shape index (κ2) is 4.44. The minimum absolute atomic E-state index is 1.33. The summed E-state index contributed by atoms with van der Waals surface area (Å²) in [5, 5.41) is 2.72. The van der Waals surface area contributed by atoms with Crippen molar-refractivity contribution in [3.8, 4) is 9.75 Å². The molecule has 0 saturated heterocycles. The zero-order valence-corrected chi connectivity index (χ0v) is 13.1. The van der Waals surface area contributed by atoms with Gasteiger partial charge in [0.15, 0.2) is 0 Å². The van der Waals surface area contributed by atoms with Crippen LogP contribution < -0.4 is 0 Å². The van der Waals surface area contributed by atoms with Gasteiger partial charge in [0.1, 0.15) is 0 Å². The molecule has 0 atom stereocenters. The minimum atomic E-state index is 1.33. The summed E-state index contributed by atoms with van der Waals surface area (Å²) in [4.78, 5) is 2.76. The van der Waals surface area contributed by atoms with Gasteiger partial charge in [-0.25, -0.2) is 0 Å². The van der Waals surface area contributed by atoms with Crippen LogP contribution in [0.3, 0.4) is 0 Å². The van der Waals surface area contributed by atoms with E-state index in [1.54, 1.807) is 0 Å². The van der Waals surface area contributed by atoms with E-state index < -0.39 is 0 Å². The summed E-state index contributed by atoms with van der Waals surface area (Å²) in [6, 6.07) is 18.0. The SMILES string of the molecule is Cc1ccc2sc(-c3cc4cc(C)ccc4s3)cc2c1. The summed E-state index contributed by atoms with van der Waals surface area (Å²) < 4.78 is 2.75. The van der Waals surface area contributed by atoms with Crippen LogP contribution in [0.25, 0.3) is 29.9 Å². The lowest BCUT2D eigenvalue weighted by Gasteiger charge is -1.89. The molecule has 0 amide bonds. The fourth-order valence-electron chi connectivity index (χ4n) is 2.57. The first-order valence-corrected chi connectivity index (χ1v) is 8.33. The third kappa shape index (κ3) is 1.96. The summed E-state index contributed by atoms with van der Waals surface area (Å²) >= 11 is 3.78. The zero-order valence-electron chi connectivity index (χ0n) is 11.4. The van der Waals surface area contributed by atoms with Crippen molar-refractivity contribution in [2.45, 2.75) is 13.8 Å². The first kappa shape index (κ1) is 12.1. The Hall–Kier alpha value is -1.64. The van der Waals surface area contributed by atoms with Crippen molar-refractivity contribution < 1.29 is 0 Å². The van der Waals surface area contributed by atoms with Gasteiger partial charge >= 0.3 is 0 Å². The number of hydrogen-bond donors (Lipinski definition) is 0. The smallest absolute Gasteiger partial charge is 0.0455 e. The molecule has 2 heteroatoms. The Balaban J connectivity index is 1.91. The Morgan fingerprint density at radius 1 is 0.600 bits per heavy atom. The highest BCUT2D eigenvalue weighted by Gasteiger charge is 2.08. The van der Waals surface area contributed by atoms with Gasteiger partial charge in [-0.05, 0) is 48.9 Å². The predicted octanol–water partition coefficient (Wildman–Crippen LogP) is 6.40. The second-order valence-electron chi connectivity index (χ2n) is 5.30. The van der Waals surface area contributed by atoms with Crippen LogP contribution in [0.5, 0.6) is 0 Å². The number of aryl methyl sites for hydroxylation is 2. The van der Waals surface area contributed by atoms with Crippen LogP contribution in [-0.4, -0.2) is 0 Å². The topological polar surface area (TPSA) is 0 Å². The fourth-order valence-corrected chi connectivity index (χ4v) is 4.73. The van der Waals surface area contributed by atoms with Crippen molar-refractivity contribution in [1.82, 2.24) is 0 Å². The van der Waals surface area contributed by atoms with Gasteiger partial charge in [0, 0.05) is 19.2 Å². The molecule has 2 heterocycles. The number of fused-ring (bicyclic) bond motifs is 2. The van der Waals surface area contributed by atoms with Crippen molar-refractivity contribution in [3.63, 3.8) is 0 Å². The molecule has 0 unspecified atom stereocenters. The van der Waals surface area contributed by atoms with Gasteiger partial charge in [-0.1, -0.05) is 35.4 Å². The zero-order chi connectivity index (χ0) is 13.7. The number of thiophene rings is 2. The average molecular weight is 294 g/mol. The van der Waals surface area contributed by atoms with Gasteiger partial charge in [0.25, 0.3) is 0 Å². The van der Waals surface area contributed by atoms with Crippen LogP contribution in [0.2, 0.25) is 0 Å². The molecule has 0 aliphatic carbocycles. The lowest BCUT2D eigenvalue weighted by atomic mass is 10.1. The van der Waals surface area contributed by atoms with Gasteiger partial charge in [0.2, 0.25) is 0 Å². The van der Waals surface area contributed by atoms with Crippen LogP contribution in [0.1, 0.15) is 11.1 Å². The van der Waals surface area contributed by atoms with Gasteiger partial charge in [-0.3, -0.25) is 0 Å². The van der Waals surface area contributed by atoms with Crippen molar-refractivity contribution >= 4 is 42.8 Å². The van der Waals surface area contributed by atoms with Gasteiger partial charge in [-0.2, -0.15) is 0 Å². The first-order chi connectivity index (χ1) is 9.69. The van der Waals surface area contributed by atoms with E-state index >= 15 is 0 Å². The quantitative estimate of drug-likeness (QED) is 0.381. The van der Waals surface area contributed by atoms with Gasteiger partial charge < -0.3 is 0 Å². The molecule has 0 fully saturated rings. The van der Waals surface area contributed by atoms with Crippen LogP contribution >= 0.6 is 22.7 Å². The molecule has 20 heavy (non-hydrogen) atoms. The third-order valence-corrected chi connectivity index (χ3v) is 6.01. The fraction of sp³-hybridized carbons (Fsp3) is 0.111. The Bertz CT molecular complexity index is 847. The van der Waals surface area contributed by atoms with E-state index in [0.717, 1.165) is 0 Å². The highest BCUT2D eigenvalue weighted by atomic mass is 32.1. The van der Waals surface area contributed by atoms with Crippen molar-refractivity contribution in [1.29, 1.82) is 0 Å². The maximum absolute atomic E-state index is 2.32. The molecular weight excluding hydrogens is 280 g/mol. The molecule has 0 aliphatic heterocycles. The lowest BCUT2D eigenvalue weighted by Crippen LogP contribution is -1.67. The Kier molecular flexibility index (Phi) is 2.69. The number of rotatable bonds is 1. The molecule has 0 radical (unpaired) electrons. The lowest BCUT2D eigenvalue weighted by molar-refractivity contribution is 1.51. The van der Waals surface area contributed by atoms with Crippen LogP contribution in [0, 0.1) is 13.8 Å². The summed E-state index contributed by atoms with van der Waals surface area (Å²) in [7, 11) is 0. The van der Waals surface area contributed by atoms with Crippen LogP contribution in [0.15, 0.2) is 48.5 Å². The van der Waals surface area contributed by atoms with Gasteiger partial charge in [-0.15, -0.1) is 22.7 Å². The second-order valence-corrected chi connectivity index (χ2v) is 7.47. The Labute approximate surface area is 126 Å². The molecule has 4 aromatic rings. The normalized spacial score (nSPS) is 11.5. The maximum Gasteiger partial charge on any atom is 0.0455 e. The summed E-state index contributed by atoms with van der Waals surface area (Å²) in [5.74, 6) is 0. The standard InChI is InChI=1S/C18H14S2/c1-11-3-5-15-13(7-11)9-17(19-15)18-10-14-8-12(2)4-6-16(14)20-18/h3-10H,1-2H3. The summed E-state index contributed by atoms with van der Waals surface area (Å²) in [5.41, 5.74) is 2.66. The molecule has 4 rings (SSSR count). The highest BCUT2D eigenvalue weighted by molar-refractivity contribution is 7.28. The molecular formula is C18H14S2. The molecule has 0 saturated carbocycles. The minimum Gasteiger partial charge on any atom is -0.134 e. The number of benzene rings is 2. The Morgan fingerprint density at radius 2 is 1.05 bits per heavy atom. The first-order valence-electron chi connectivity index (χ1n) is 6.70. The van der Waals surface area contributed by atoms with E-state index in [2.05, 4.69) is 62.4 Å².